The van der Waals surface area contributed by atoms with E-state index < -0.39 is 0 Å². The Morgan fingerprint density at radius 2 is 0.853 bits per heavy atom. The zero-order valence-electron chi connectivity index (χ0n) is 19.6. The highest BCUT2D eigenvalue weighted by molar-refractivity contribution is 5.95. The number of fused-ring (bicyclic) bond motifs is 2. The van der Waals surface area contributed by atoms with Crippen LogP contribution in [0, 0.1) is 0 Å². The SMILES string of the molecule is O=C(CCCCCCCCC(=O)Nc1ccc2ccccc2c1)Nc1ccc2ccccc2c1. The minimum absolute atomic E-state index is 0.0700. The lowest BCUT2D eigenvalue weighted by atomic mass is 10.1. The molecule has 34 heavy (non-hydrogen) atoms. The summed E-state index contributed by atoms with van der Waals surface area (Å²) >= 11 is 0. The standard InChI is InChI=1S/C30H32N2O2/c33-29(31-27-19-17-23-11-7-9-13-25(23)21-27)15-5-3-1-2-4-6-16-30(34)32-28-20-18-24-12-8-10-14-26(24)22-28/h7-14,17-22H,1-6,15-16H2,(H,31,33)(H,32,34). The van der Waals surface area contributed by atoms with E-state index in [1.807, 2.05) is 60.7 Å². The number of carbonyl (C=O) groups excluding carboxylic acids is 2. The van der Waals surface area contributed by atoms with Gasteiger partial charge in [0.25, 0.3) is 0 Å². The average molecular weight is 453 g/mol. The molecule has 0 heterocycles. The van der Waals surface area contributed by atoms with E-state index in [4.69, 9.17) is 0 Å². The van der Waals surface area contributed by atoms with Gasteiger partial charge in [0.15, 0.2) is 0 Å². The molecule has 2 N–H and O–H groups in total. The fourth-order valence-electron chi connectivity index (χ4n) is 4.26. The fraction of sp³-hybridized carbons (Fsp3) is 0.267. The summed E-state index contributed by atoms with van der Waals surface area (Å²) in [7, 11) is 0. The Kier molecular flexibility index (Phi) is 8.28. The van der Waals surface area contributed by atoms with Gasteiger partial charge in [0.1, 0.15) is 0 Å². The molecule has 0 saturated heterocycles. The number of hydrogen-bond acceptors (Lipinski definition) is 2. The van der Waals surface area contributed by atoms with Crippen LogP contribution < -0.4 is 10.6 Å². The summed E-state index contributed by atoms with van der Waals surface area (Å²) in [5.74, 6) is 0.140. The van der Waals surface area contributed by atoms with Crippen LogP contribution in [0.15, 0.2) is 84.9 Å². The topological polar surface area (TPSA) is 58.2 Å². The predicted molar refractivity (Wildman–Crippen MR) is 142 cm³/mol. The van der Waals surface area contributed by atoms with Crippen LogP contribution in [0.25, 0.3) is 21.5 Å². The number of unbranched alkanes of at least 4 members (excludes halogenated alkanes) is 5. The molecule has 0 bridgehead atoms. The third-order valence-electron chi connectivity index (χ3n) is 6.12. The van der Waals surface area contributed by atoms with E-state index in [9.17, 15) is 9.59 Å². The number of anilines is 2. The first-order valence-electron chi connectivity index (χ1n) is 12.2. The summed E-state index contributed by atoms with van der Waals surface area (Å²) in [6, 6.07) is 28.3. The first-order chi connectivity index (χ1) is 16.7. The molecule has 0 aliphatic carbocycles. The van der Waals surface area contributed by atoms with Crippen molar-refractivity contribution in [1.82, 2.24) is 0 Å². The second kappa shape index (κ2) is 12.0. The third kappa shape index (κ3) is 6.92. The van der Waals surface area contributed by atoms with Crippen molar-refractivity contribution >= 4 is 44.7 Å². The van der Waals surface area contributed by atoms with Crippen LogP contribution in [0.5, 0.6) is 0 Å². The zero-order valence-corrected chi connectivity index (χ0v) is 19.6. The third-order valence-corrected chi connectivity index (χ3v) is 6.12. The number of nitrogens with one attached hydrogen (secondary N) is 2. The summed E-state index contributed by atoms with van der Waals surface area (Å²) in [5.41, 5.74) is 1.70. The maximum Gasteiger partial charge on any atom is 0.224 e. The van der Waals surface area contributed by atoms with Gasteiger partial charge in [0.05, 0.1) is 0 Å². The predicted octanol–water partition coefficient (Wildman–Crippen LogP) is 7.69. The molecule has 0 aliphatic heterocycles. The highest BCUT2D eigenvalue weighted by atomic mass is 16.2. The summed E-state index contributed by atoms with van der Waals surface area (Å²) in [4.78, 5) is 24.5. The molecule has 4 heteroatoms. The van der Waals surface area contributed by atoms with Crippen LogP contribution in [-0.4, -0.2) is 11.8 Å². The molecule has 0 unspecified atom stereocenters. The lowest BCUT2D eigenvalue weighted by Crippen LogP contribution is -2.11. The second-order valence-electron chi connectivity index (χ2n) is 8.84. The Morgan fingerprint density at radius 1 is 0.471 bits per heavy atom. The number of amides is 2. The van der Waals surface area contributed by atoms with Crippen LogP contribution in [0.4, 0.5) is 11.4 Å². The molecule has 0 aromatic heterocycles. The number of hydrogen-bond donors (Lipinski definition) is 2. The quantitative estimate of drug-likeness (QED) is 0.229. The van der Waals surface area contributed by atoms with Crippen molar-refractivity contribution in [3.63, 3.8) is 0 Å². The van der Waals surface area contributed by atoms with E-state index in [2.05, 4.69) is 34.9 Å². The van der Waals surface area contributed by atoms with Crippen LogP contribution in [0.3, 0.4) is 0 Å². The molecule has 0 atom stereocenters. The minimum Gasteiger partial charge on any atom is -0.326 e. The Hall–Kier alpha value is -3.66. The zero-order chi connectivity index (χ0) is 23.6. The number of carbonyl (C=O) groups is 2. The molecule has 0 spiro atoms. The van der Waals surface area contributed by atoms with E-state index in [-0.39, 0.29) is 11.8 Å². The second-order valence-corrected chi connectivity index (χ2v) is 8.84. The summed E-state index contributed by atoms with van der Waals surface area (Å²) in [6.07, 6.45) is 7.12. The van der Waals surface area contributed by atoms with Gasteiger partial charge in [-0.2, -0.15) is 0 Å². The lowest BCUT2D eigenvalue weighted by Gasteiger charge is -2.07. The minimum atomic E-state index is 0.0700. The van der Waals surface area contributed by atoms with E-state index >= 15 is 0 Å². The Morgan fingerprint density at radius 3 is 1.29 bits per heavy atom. The van der Waals surface area contributed by atoms with E-state index in [0.717, 1.165) is 60.7 Å². The van der Waals surface area contributed by atoms with Gasteiger partial charge >= 0.3 is 0 Å². The largest absolute Gasteiger partial charge is 0.326 e. The molecule has 4 nitrogen and oxygen atoms in total. The van der Waals surface area contributed by atoms with Gasteiger partial charge in [-0.3, -0.25) is 9.59 Å². The van der Waals surface area contributed by atoms with Crippen molar-refractivity contribution in [3.8, 4) is 0 Å². The number of rotatable bonds is 11. The molecular formula is C30H32N2O2. The van der Waals surface area contributed by atoms with Crippen molar-refractivity contribution < 1.29 is 9.59 Å². The lowest BCUT2D eigenvalue weighted by molar-refractivity contribution is -0.117. The van der Waals surface area contributed by atoms with Crippen LogP contribution in [-0.2, 0) is 9.59 Å². The van der Waals surface area contributed by atoms with E-state index in [1.54, 1.807) is 0 Å². The summed E-state index contributed by atoms with van der Waals surface area (Å²) < 4.78 is 0. The molecule has 0 aliphatic rings. The maximum absolute atomic E-state index is 12.2. The Bertz CT molecular complexity index is 1170. The highest BCUT2D eigenvalue weighted by Gasteiger charge is 2.05. The average Bonchev–Trinajstić information content (AvgIpc) is 2.85. The Balaban J connectivity index is 1.05. The molecular weight excluding hydrogens is 420 g/mol. The van der Waals surface area contributed by atoms with Crippen molar-refractivity contribution in [2.24, 2.45) is 0 Å². The highest BCUT2D eigenvalue weighted by Crippen LogP contribution is 2.20. The van der Waals surface area contributed by atoms with Crippen molar-refractivity contribution in [2.45, 2.75) is 51.4 Å². The van der Waals surface area contributed by atoms with Crippen LogP contribution >= 0.6 is 0 Å². The number of benzene rings is 4. The van der Waals surface area contributed by atoms with Gasteiger partial charge in [-0.05, 0) is 58.7 Å². The monoisotopic (exact) mass is 452 g/mol. The van der Waals surface area contributed by atoms with Gasteiger partial charge in [0.2, 0.25) is 11.8 Å². The maximum atomic E-state index is 12.2. The molecule has 0 fully saturated rings. The fourth-order valence-corrected chi connectivity index (χ4v) is 4.26. The molecule has 174 valence electrons. The smallest absolute Gasteiger partial charge is 0.224 e. The van der Waals surface area contributed by atoms with Crippen LogP contribution in [0.1, 0.15) is 51.4 Å². The molecule has 4 aromatic carbocycles. The molecule has 0 radical (unpaired) electrons. The molecule has 4 rings (SSSR count). The van der Waals surface area contributed by atoms with Gasteiger partial charge in [-0.15, -0.1) is 0 Å². The first-order valence-corrected chi connectivity index (χ1v) is 12.2. The summed E-state index contributed by atoms with van der Waals surface area (Å²) in [5, 5.41) is 10.6. The summed E-state index contributed by atoms with van der Waals surface area (Å²) in [6.45, 7) is 0. The Labute approximate surface area is 201 Å². The van der Waals surface area contributed by atoms with Crippen molar-refractivity contribution in [2.75, 3.05) is 10.6 Å². The van der Waals surface area contributed by atoms with E-state index in [1.165, 1.54) is 10.8 Å². The van der Waals surface area contributed by atoms with Gasteiger partial charge < -0.3 is 10.6 Å². The van der Waals surface area contributed by atoms with Crippen molar-refractivity contribution in [1.29, 1.82) is 0 Å². The van der Waals surface area contributed by atoms with Crippen LogP contribution in [0.2, 0.25) is 0 Å². The first kappa shape index (κ1) is 23.5. The molecule has 0 saturated carbocycles. The normalized spacial score (nSPS) is 10.9. The molecule has 2 amide bonds. The van der Waals surface area contributed by atoms with E-state index in [0.29, 0.717) is 12.8 Å². The van der Waals surface area contributed by atoms with Gasteiger partial charge in [0, 0.05) is 24.2 Å². The molecule has 4 aromatic rings. The van der Waals surface area contributed by atoms with Gasteiger partial charge in [-0.25, -0.2) is 0 Å². The van der Waals surface area contributed by atoms with Crippen molar-refractivity contribution in [3.05, 3.63) is 84.9 Å². The van der Waals surface area contributed by atoms with Gasteiger partial charge in [-0.1, -0.05) is 86.3 Å².